The summed E-state index contributed by atoms with van der Waals surface area (Å²) in [5.41, 5.74) is 1.46. The lowest BCUT2D eigenvalue weighted by molar-refractivity contribution is 0.115. The van der Waals surface area contributed by atoms with Crippen molar-refractivity contribution in [1.29, 1.82) is 0 Å². The molecule has 3 nitrogen and oxygen atoms in total. The van der Waals surface area contributed by atoms with Gasteiger partial charge in [0.25, 0.3) is 0 Å². The van der Waals surface area contributed by atoms with Crippen molar-refractivity contribution in [3.05, 3.63) is 35.9 Å². The molecule has 1 N–H and O–H groups in total. The van der Waals surface area contributed by atoms with E-state index in [0.717, 1.165) is 12.5 Å². The van der Waals surface area contributed by atoms with Crippen molar-refractivity contribution >= 4 is 0 Å². The Bertz CT molecular complexity index is 420. The third-order valence-electron chi connectivity index (χ3n) is 4.77. The summed E-state index contributed by atoms with van der Waals surface area (Å²) in [4.78, 5) is 5.17. The predicted octanol–water partition coefficient (Wildman–Crippen LogP) is 1.97. The zero-order valence-corrected chi connectivity index (χ0v) is 12.8. The monoisotopic (exact) mass is 273 g/mol. The number of hydrogen-bond donors (Lipinski definition) is 1. The van der Waals surface area contributed by atoms with E-state index in [1.54, 1.807) is 0 Å². The summed E-state index contributed by atoms with van der Waals surface area (Å²) in [5.74, 6) is 0.844. The molecule has 3 atom stereocenters. The van der Waals surface area contributed by atoms with Crippen molar-refractivity contribution in [3.63, 3.8) is 0 Å². The molecule has 1 aromatic carbocycles. The molecule has 0 amide bonds. The third kappa shape index (κ3) is 3.22. The second-order valence-corrected chi connectivity index (χ2v) is 6.61. The van der Waals surface area contributed by atoms with Crippen LogP contribution in [0.15, 0.2) is 30.3 Å². The van der Waals surface area contributed by atoms with E-state index in [1.807, 2.05) is 0 Å². The highest BCUT2D eigenvalue weighted by Crippen LogP contribution is 2.26. The normalized spacial score (nSPS) is 32.6. The van der Waals surface area contributed by atoms with E-state index < -0.39 is 0 Å². The van der Waals surface area contributed by atoms with Gasteiger partial charge in [0.1, 0.15) is 0 Å². The minimum absolute atomic E-state index is 0.540. The van der Waals surface area contributed by atoms with Crippen LogP contribution in [0.2, 0.25) is 0 Å². The van der Waals surface area contributed by atoms with Gasteiger partial charge in [-0.2, -0.15) is 0 Å². The number of hydrogen-bond acceptors (Lipinski definition) is 3. The summed E-state index contributed by atoms with van der Waals surface area (Å²) in [6, 6.07) is 12.1. The van der Waals surface area contributed by atoms with Crippen molar-refractivity contribution in [1.82, 2.24) is 15.1 Å². The summed E-state index contributed by atoms with van der Waals surface area (Å²) < 4.78 is 0. The average molecular weight is 273 g/mol. The van der Waals surface area contributed by atoms with E-state index in [4.69, 9.17) is 0 Å². The number of nitrogens with one attached hydrogen (secondary N) is 1. The van der Waals surface area contributed by atoms with E-state index in [0.29, 0.717) is 12.1 Å². The van der Waals surface area contributed by atoms with Crippen LogP contribution in [0.4, 0.5) is 0 Å². The molecule has 2 heterocycles. The summed E-state index contributed by atoms with van der Waals surface area (Å²) in [5, 5.41) is 3.64. The Morgan fingerprint density at radius 1 is 1.20 bits per heavy atom. The number of piperazine rings is 1. The van der Waals surface area contributed by atoms with E-state index in [2.05, 4.69) is 59.4 Å². The zero-order chi connectivity index (χ0) is 13.9. The van der Waals surface area contributed by atoms with Gasteiger partial charge in [0.15, 0.2) is 0 Å². The second-order valence-electron chi connectivity index (χ2n) is 6.61. The van der Waals surface area contributed by atoms with Gasteiger partial charge in [0.05, 0.1) is 0 Å². The maximum Gasteiger partial charge on any atom is 0.0473 e. The smallest absolute Gasteiger partial charge is 0.0473 e. The summed E-state index contributed by atoms with van der Waals surface area (Å²) in [7, 11) is 2.25. The third-order valence-corrected chi connectivity index (χ3v) is 4.77. The molecule has 20 heavy (non-hydrogen) atoms. The van der Waals surface area contributed by atoms with Crippen molar-refractivity contribution in [2.45, 2.75) is 25.4 Å². The van der Waals surface area contributed by atoms with Gasteiger partial charge in [-0.3, -0.25) is 4.90 Å². The van der Waals surface area contributed by atoms with Crippen LogP contribution in [0.5, 0.6) is 0 Å². The predicted molar refractivity (Wildman–Crippen MR) is 83.8 cm³/mol. The van der Waals surface area contributed by atoms with Crippen LogP contribution < -0.4 is 5.32 Å². The van der Waals surface area contributed by atoms with Gasteiger partial charge in [-0.15, -0.1) is 0 Å². The number of nitrogens with zero attached hydrogens (tertiary/aromatic N) is 2. The van der Waals surface area contributed by atoms with E-state index in [-0.39, 0.29) is 0 Å². The van der Waals surface area contributed by atoms with Crippen LogP contribution in [0, 0.1) is 5.92 Å². The molecule has 0 saturated carbocycles. The molecular weight excluding hydrogens is 246 g/mol. The van der Waals surface area contributed by atoms with Crippen LogP contribution in [0.3, 0.4) is 0 Å². The zero-order valence-electron chi connectivity index (χ0n) is 12.8. The van der Waals surface area contributed by atoms with E-state index in [1.165, 1.54) is 38.2 Å². The summed E-state index contributed by atoms with van der Waals surface area (Å²) >= 11 is 0. The van der Waals surface area contributed by atoms with Gasteiger partial charge in [-0.1, -0.05) is 30.3 Å². The molecule has 2 aliphatic heterocycles. The summed E-state index contributed by atoms with van der Waals surface area (Å²) in [6.45, 7) is 8.32. The van der Waals surface area contributed by atoms with Gasteiger partial charge >= 0.3 is 0 Å². The van der Waals surface area contributed by atoms with E-state index in [9.17, 15) is 0 Å². The lowest BCUT2D eigenvalue weighted by Crippen LogP contribution is -2.52. The molecule has 0 aliphatic carbocycles. The SMILES string of the molecule is CC1CN(CC2CCN(C)C2)C(c2ccccc2)CN1. The first-order valence-corrected chi connectivity index (χ1v) is 7.93. The average Bonchev–Trinajstić information content (AvgIpc) is 2.85. The quantitative estimate of drug-likeness (QED) is 0.908. The number of likely N-dealkylation sites (tertiary alicyclic amines) is 1. The molecular formula is C17H27N3. The van der Waals surface area contributed by atoms with Crippen LogP contribution in [0.25, 0.3) is 0 Å². The molecule has 3 heteroatoms. The maximum absolute atomic E-state index is 3.64. The Hall–Kier alpha value is -0.900. The lowest BCUT2D eigenvalue weighted by atomic mass is 9.99. The standard InChI is InChI=1S/C17H27N3/c1-14-11-20(13-15-8-9-19(2)12-15)17(10-18-14)16-6-4-3-5-7-16/h3-7,14-15,17-18H,8-13H2,1-2H3. The molecule has 3 rings (SSSR count). The van der Waals surface area contributed by atoms with E-state index >= 15 is 0 Å². The first-order chi connectivity index (χ1) is 9.72. The number of rotatable bonds is 3. The fourth-order valence-electron chi connectivity index (χ4n) is 3.70. The molecule has 2 fully saturated rings. The van der Waals surface area contributed by atoms with Gasteiger partial charge in [0, 0.05) is 38.3 Å². The Morgan fingerprint density at radius 2 is 2.00 bits per heavy atom. The Balaban J connectivity index is 1.70. The largest absolute Gasteiger partial charge is 0.311 e. The van der Waals surface area contributed by atoms with Crippen molar-refractivity contribution in [2.75, 3.05) is 39.8 Å². The summed E-state index contributed by atoms with van der Waals surface area (Å²) in [6.07, 6.45) is 1.36. The lowest BCUT2D eigenvalue weighted by Gasteiger charge is -2.41. The minimum Gasteiger partial charge on any atom is -0.311 e. The Morgan fingerprint density at radius 3 is 2.70 bits per heavy atom. The molecule has 0 aromatic heterocycles. The van der Waals surface area contributed by atoms with Crippen LogP contribution in [0.1, 0.15) is 24.9 Å². The molecule has 110 valence electrons. The van der Waals surface area contributed by atoms with Crippen LogP contribution in [-0.2, 0) is 0 Å². The minimum atomic E-state index is 0.540. The first-order valence-electron chi connectivity index (χ1n) is 7.93. The second kappa shape index (κ2) is 6.25. The highest BCUT2D eigenvalue weighted by molar-refractivity contribution is 5.20. The molecule has 2 aliphatic rings. The molecule has 3 unspecified atom stereocenters. The topological polar surface area (TPSA) is 18.5 Å². The molecule has 1 aromatic rings. The van der Waals surface area contributed by atoms with Crippen molar-refractivity contribution in [2.24, 2.45) is 5.92 Å². The van der Waals surface area contributed by atoms with Crippen molar-refractivity contribution < 1.29 is 0 Å². The number of benzene rings is 1. The van der Waals surface area contributed by atoms with Gasteiger partial charge < -0.3 is 10.2 Å². The fourth-order valence-corrected chi connectivity index (χ4v) is 3.70. The van der Waals surface area contributed by atoms with Gasteiger partial charge in [-0.05, 0) is 38.4 Å². The van der Waals surface area contributed by atoms with Gasteiger partial charge in [-0.25, -0.2) is 0 Å². The highest BCUT2D eigenvalue weighted by Gasteiger charge is 2.30. The Kier molecular flexibility index (Phi) is 4.39. The molecule has 0 bridgehead atoms. The maximum atomic E-state index is 3.64. The molecule has 0 spiro atoms. The fraction of sp³-hybridized carbons (Fsp3) is 0.647. The molecule has 2 saturated heterocycles. The van der Waals surface area contributed by atoms with Crippen molar-refractivity contribution in [3.8, 4) is 0 Å². The van der Waals surface area contributed by atoms with Gasteiger partial charge in [0.2, 0.25) is 0 Å². The first kappa shape index (κ1) is 14.1. The Labute approximate surface area is 123 Å². The highest BCUT2D eigenvalue weighted by atomic mass is 15.2. The van der Waals surface area contributed by atoms with Crippen LogP contribution >= 0.6 is 0 Å². The van der Waals surface area contributed by atoms with Crippen LogP contribution in [-0.4, -0.2) is 55.6 Å². The molecule has 0 radical (unpaired) electrons.